The Balaban J connectivity index is 3.25. The Kier molecular flexibility index (Phi) is 1.89. The van der Waals surface area contributed by atoms with Crippen molar-refractivity contribution in [3.63, 3.8) is 0 Å². The predicted octanol–water partition coefficient (Wildman–Crippen LogP) is 0.996. The van der Waals surface area contributed by atoms with E-state index in [2.05, 4.69) is 0 Å². The van der Waals surface area contributed by atoms with Gasteiger partial charge < -0.3 is 17.2 Å². The van der Waals surface area contributed by atoms with Crippen LogP contribution in [0.2, 0.25) is 0 Å². The lowest BCUT2D eigenvalue weighted by Crippen LogP contribution is -2.02. The van der Waals surface area contributed by atoms with Gasteiger partial charge >= 0.3 is 0 Å². The van der Waals surface area contributed by atoms with Crippen molar-refractivity contribution in [2.45, 2.75) is 13.3 Å². The van der Waals surface area contributed by atoms with Gasteiger partial charge in [0.25, 0.3) is 0 Å². The topological polar surface area (TPSA) is 78.1 Å². The second kappa shape index (κ2) is 2.70. The molecule has 0 aliphatic heterocycles. The zero-order valence-corrected chi connectivity index (χ0v) is 6.59. The highest BCUT2D eigenvalue weighted by molar-refractivity contribution is 5.79. The zero-order chi connectivity index (χ0) is 8.43. The third-order valence-electron chi connectivity index (χ3n) is 1.79. The highest BCUT2D eigenvalue weighted by atomic mass is 14.7. The van der Waals surface area contributed by atoms with Crippen LogP contribution in [0.5, 0.6) is 0 Å². The van der Waals surface area contributed by atoms with Gasteiger partial charge in [0.15, 0.2) is 0 Å². The summed E-state index contributed by atoms with van der Waals surface area (Å²) in [4.78, 5) is 0. The van der Waals surface area contributed by atoms with Gasteiger partial charge in [-0.05, 0) is 18.1 Å². The van der Waals surface area contributed by atoms with Crippen LogP contribution in [0, 0.1) is 0 Å². The molecule has 3 nitrogen and oxygen atoms in total. The number of anilines is 3. The maximum atomic E-state index is 5.69. The molecule has 0 amide bonds. The average molecular weight is 151 g/mol. The molecule has 0 bridgehead atoms. The molecule has 0 heterocycles. The van der Waals surface area contributed by atoms with Crippen molar-refractivity contribution in [2.75, 3.05) is 17.2 Å². The summed E-state index contributed by atoms with van der Waals surface area (Å²) in [6, 6.07) is 3.69. The number of hydrogen-bond acceptors (Lipinski definition) is 3. The molecule has 0 aromatic heterocycles. The molecule has 3 heteroatoms. The van der Waals surface area contributed by atoms with Crippen LogP contribution in [0.25, 0.3) is 0 Å². The molecule has 0 radical (unpaired) electrons. The van der Waals surface area contributed by atoms with Crippen molar-refractivity contribution in [3.8, 4) is 0 Å². The molecule has 11 heavy (non-hydrogen) atoms. The molecule has 0 saturated heterocycles. The molecule has 0 aliphatic rings. The van der Waals surface area contributed by atoms with E-state index >= 15 is 0 Å². The van der Waals surface area contributed by atoms with Crippen LogP contribution in [-0.4, -0.2) is 0 Å². The van der Waals surface area contributed by atoms with Crippen LogP contribution < -0.4 is 17.2 Å². The van der Waals surface area contributed by atoms with E-state index in [1.54, 1.807) is 6.07 Å². The molecule has 1 aromatic rings. The van der Waals surface area contributed by atoms with E-state index in [1.165, 1.54) is 0 Å². The molecule has 0 aliphatic carbocycles. The minimum absolute atomic E-state index is 0.504. The number of nitrogens with two attached hydrogens (primary N) is 3. The lowest BCUT2D eigenvalue weighted by molar-refractivity contribution is 1.15. The predicted molar refractivity (Wildman–Crippen MR) is 49.1 cm³/mol. The second-order valence-corrected chi connectivity index (χ2v) is 2.49. The Labute approximate surface area is 66.2 Å². The first-order chi connectivity index (χ1) is 5.16. The fraction of sp³-hybridized carbons (Fsp3) is 0.250. The maximum Gasteiger partial charge on any atom is 0.0784 e. The Morgan fingerprint density at radius 1 is 1.09 bits per heavy atom. The summed E-state index contributed by atoms with van der Waals surface area (Å²) in [6.45, 7) is 2.03. The van der Waals surface area contributed by atoms with Crippen molar-refractivity contribution in [1.29, 1.82) is 0 Å². The standard InChI is InChI=1S/C8H13N3/c1-2-5-3-4-6(9)8(11)7(5)10/h3-4H,2,9-11H2,1H3. The molecule has 0 atom stereocenters. The lowest BCUT2D eigenvalue weighted by atomic mass is 10.1. The summed E-state index contributed by atoms with van der Waals surface area (Å²) < 4.78 is 0. The number of benzene rings is 1. The molecule has 0 fully saturated rings. The first kappa shape index (κ1) is 7.72. The van der Waals surface area contributed by atoms with Crippen LogP contribution in [0.15, 0.2) is 12.1 Å². The highest BCUT2D eigenvalue weighted by Gasteiger charge is 2.02. The fourth-order valence-electron chi connectivity index (χ4n) is 1.01. The molecular formula is C8H13N3. The van der Waals surface area contributed by atoms with Crippen molar-refractivity contribution < 1.29 is 0 Å². The van der Waals surface area contributed by atoms with Gasteiger partial charge in [-0.1, -0.05) is 13.0 Å². The molecule has 60 valence electrons. The van der Waals surface area contributed by atoms with Gasteiger partial charge in [-0.25, -0.2) is 0 Å². The lowest BCUT2D eigenvalue weighted by Gasteiger charge is -2.07. The van der Waals surface area contributed by atoms with Gasteiger partial charge in [-0.15, -0.1) is 0 Å². The molecular weight excluding hydrogens is 138 g/mol. The third-order valence-corrected chi connectivity index (χ3v) is 1.79. The molecule has 6 N–H and O–H groups in total. The van der Waals surface area contributed by atoms with Crippen molar-refractivity contribution in [3.05, 3.63) is 17.7 Å². The summed E-state index contributed by atoms with van der Waals surface area (Å²) in [5.41, 5.74) is 19.6. The van der Waals surface area contributed by atoms with Gasteiger partial charge in [0, 0.05) is 0 Å². The summed E-state index contributed by atoms with van der Waals surface area (Å²) in [6.07, 6.45) is 0.885. The van der Waals surface area contributed by atoms with E-state index in [0.717, 1.165) is 12.0 Å². The summed E-state index contributed by atoms with van der Waals surface area (Å²) in [5.74, 6) is 0. The van der Waals surface area contributed by atoms with E-state index in [4.69, 9.17) is 17.2 Å². The Morgan fingerprint density at radius 3 is 2.27 bits per heavy atom. The normalized spacial score (nSPS) is 9.91. The van der Waals surface area contributed by atoms with Gasteiger partial charge in [0.1, 0.15) is 0 Å². The third kappa shape index (κ3) is 1.22. The van der Waals surface area contributed by atoms with E-state index in [0.29, 0.717) is 17.1 Å². The number of nitrogen functional groups attached to an aromatic ring is 3. The van der Waals surface area contributed by atoms with E-state index < -0.39 is 0 Å². The molecule has 0 spiro atoms. The van der Waals surface area contributed by atoms with Crippen LogP contribution in [0.3, 0.4) is 0 Å². The van der Waals surface area contributed by atoms with Crippen molar-refractivity contribution >= 4 is 17.1 Å². The van der Waals surface area contributed by atoms with Crippen LogP contribution in [-0.2, 0) is 6.42 Å². The van der Waals surface area contributed by atoms with E-state index in [9.17, 15) is 0 Å². The number of hydrogen-bond donors (Lipinski definition) is 3. The average Bonchev–Trinajstić information content (AvgIpc) is 2.01. The SMILES string of the molecule is CCc1ccc(N)c(N)c1N. The molecule has 0 saturated carbocycles. The van der Waals surface area contributed by atoms with E-state index in [-0.39, 0.29) is 0 Å². The summed E-state index contributed by atoms with van der Waals surface area (Å²) in [5, 5.41) is 0. The minimum Gasteiger partial charge on any atom is -0.397 e. The van der Waals surface area contributed by atoms with Gasteiger partial charge in [0.05, 0.1) is 17.1 Å². The van der Waals surface area contributed by atoms with Crippen molar-refractivity contribution in [1.82, 2.24) is 0 Å². The van der Waals surface area contributed by atoms with Crippen LogP contribution in [0.1, 0.15) is 12.5 Å². The van der Waals surface area contributed by atoms with Gasteiger partial charge in [0.2, 0.25) is 0 Å². The van der Waals surface area contributed by atoms with Gasteiger partial charge in [-0.3, -0.25) is 0 Å². The summed E-state index contributed by atoms with van der Waals surface area (Å²) in [7, 11) is 0. The molecule has 1 rings (SSSR count). The maximum absolute atomic E-state index is 5.69. The minimum atomic E-state index is 0.504. The number of aryl methyl sites for hydroxylation is 1. The van der Waals surface area contributed by atoms with Gasteiger partial charge in [-0.2, -0.15) is 0 Å². The second-order valence-electron chi connectivity index (χ2n) is 2.49. The first-order valence-electron chi connectivity index (χ1n) is 3.59. The first-order valence-corrected chi connectivity index (χ1v) is 3.59. The van der Waals surface area contributed by atoms with Crippen LogP contribution in [0.4, 0.5) is 17.1 Å². The highest BCUT2D eigenvalue weighted by Crippen LogP contribution is 2.26. The largest absolute Gasteiger partial charge is 0.397 e. The quantitative estimate of drug-likeness (QED) is 0.524. The molecule has 0 unspecified atom stereocenters. The Bertz CT molecular complexity index is 268. The fourth-order valence-corrected chi connectivity index (χ4v) is 1.01. The molecule has 1 aromatic carbocycles. The number of rotatable bonds is 1. The monoisotopic (exact) mass is 151 g/mol. The zero-order valence-electron chi connectivity index (χ0n) is 6.59. The van der Waals surface area contributed by atoms with E-state index in [1.807, 2.05) is 13.0 Å². The Hall–Kier alpha value is -1.38. The smallest absolute Gasteiger partial charge is 0.0784 e. The summed E-state index contributed by atoms with van der Waals surface area (Å²) >= 11 is 0. The Morgan fingerprint density at radius 2 is 1.73 bits per heavy atom. The van der Waals surface area contributed by atoms with Crippen LogP contribution >= 0.6 is 0 Å². The van der Waals surface area contributed by atoms with Crippen molar-refractivity contribution in [2.24, 2.45) is 0 Å².